The summed E-state index contributed by atoms with van der Waals surface area (Å²) in [5, 5.41) is 0. The molecule has 0 spiro atoms. The predicted octanol–water partition coefficient (Wildman–Crippen LogP) is 0.772. The molecule has 0 saturated carbocycles. The first kappa shape index (κ1) is 10.1. The molecule has 11 heavy (non-hydrogen) atoms. The average Bonchev–Trinajstić information content (AvgIpc) is 1.88. The molecule has 0 aliphatic carbocycles. The number of benzene rings is 1. The summed E-state index contributed by atoms with van der Waals surface area (Å²) in [5.41, 5.74) is 5.95. The van der Waals surface area contributed by atoms with E-state index in [2.05, 4.69) is 0 Å². The number of hydrogen-bond acceptors (Lipinski definition) is 1. The SMILES string of the molecule is NC(=O)Cc1ccccc1.P. The Morgan fingerprint density at radius 2 is 1.82 bits per heavy atom. The van der Waals surface area contributed by atoms with Gasteiger partial charge in [-0.1, -0.05) is 30.3 Å². The van der Waals surface area contributed by atoms with E-state index in [-0.39, 0.29) is 15.8 Å². The molecule has 3 heteroatoms. The van der Waals surface area contributed by atoms with E-state index in [1.807, 2.05) is 30.3 Å². The standard InChI is InChI=1S/C8H9NO.H3P/c9-8(10)6-7-4-2-1-3-5-7;/h1-5H,6H2,(H2,9,10);1H3. The van der Waals surface area contributed by atoms with Crippen molar-refractivity contribution in [3.05, 3.63) is 35.9 Å². The third-order valence-corrected chi connectivity index (χ3v) is 1.22. The molecule has 1 aromatic rings. The van der Waals surface area contributed by atoms with Crippen molar-refractivity contribution in [2.75, 3.05) is 0 Å². The van der Waals surface area contributed by atoms with Gasteiger partial charge in [-0.2, -0.15) is 9.90 Å². The summed E-state index contributed by atoms with van der Waals surface area (Å²) in [6.07, 6.45) is 0.334. The first-order chi connectivity index (χ1) is 4.79. The van der Waals surface area contributed by atoms with Crippen LogP contribution in [0, 0.1) is 0 Å². The van der Waals surface area contributed by atoms with Gasteiger partial charge in [0.15, 0.2) is 0 Å². The first-order valence-corrected chi connectivity index (χ1v) is 3.11. The Morgan fingerprint density at radius 1 is 1.27 bits per heavy atom. The summed E-state index contributed by atoms with van der Waals surface area (Å²) < 4.78 is 0. The zero-order valence-corrected chi connectivity index (χ0v) is 7.70. The average molecular weight is 169 g/mol. The van der Waals surface area contributed by atoms with Gasteiger partial charge in [-0.05, 0) is 5.56 Å². The van der Waals surface area contributed by atoms with Gasteiger partial charge in [0.05, 0.1) is 6.42 Å². The van der Waals surface area contributed by atoms with E-state index >= 15 is 0 Å². The molecule has 0 aliphatic heterocycles. The monoisotopic (exact) mass is 169 g/mol. The van der Waals surface area contributed by atoms with Gasteiger partial charge in [0.25, 0.3) is 0 Å². The second kappa shape index (κ2) is 4.86. The maximum atomic E-state index is 10.4. The summed E-state index contributed by atoms with van der Waals surface area (Å²) in [7, 11) is 0. The van der Waals surface area contributed by atoms with Crippen molar-refractivity contribution in [2.45, 2.75) is 6.42 Å². The van der Waals surface area contributed by atoms with Crippen LogP contribution in [-0.2, 0) is 11.2 Å². The number of rotatable bonds is 2. The Balaban J connectivity index is 0.000001000. The highest BCUT2D eigenvalue weighted by atomic mass is 31.0. The second-order valence-electron chi connectivity index (χ2n) is 2.13. The van der Waals surface area contributed by atoms with E-state index < -0.39 is 0 Å². The van der Waals surface area contributed by atoms with Gasteiger partial charge in [0.1, 0.15) is 0 Å². The number of carbonyl (C=O) groups is 1. The Labute approximate surface area is 69.4 Å². The Kier molecular flexibility index (Phi) is 4.47. The minimum absolute atomic E-state index is 0. The van der Waals surface area contributed by atoms with Crippen molar-refractivity contribution in [1.82, 2.24) is 0 Å². The van der Waals surface area contributed by atoms with Crippen LogP contribution in [0.2, 0.25) is 0 Å². The molecule has 0 saturated heterocycles. The quantitative estimate of drug-likeness (QED) is 0.653. The van der Waals surface area contributed by atoms with E-state index in [0.29, 0.717) is 6.42 Å². The zero-order valence-electron chi connectivity index (χ0n) is 6.29. The predicted molar refractivity (Wildman–Crippen MR) is 50.4 cm³/mol. The third kappa shape index (κ3) is 3.74. The third-order valence-electron chi connectivity index (χ3n) is 1.22. The second-order valence-corrected chi connectivity index (χ2v) is 2.13. The molecular weight excluding hydrogens is 157 g/mol. The van der Waals surface area contributed by atoms with Crippen LogP contribution in [0.1, 0.15) is 5.56 Å². The molecule has 0 fully saturated rings. The lowest BCUT2D eigenvalue weighted by Gasteiger charge is -1.93. The van der Waals surface area contributed by atoms with Gasteiger partial charge < -0.3 is 5.73 Å². The molecule has 1 unspecified atom stereocenters. The van der Waals surface area contributed by atoms with E-state index in [1.165, 1.54) is 0 Å². The van der Waals surface area contributed by atoms with E-state index in [1.54, 1.807) is 0 Å². The fourth-order valence-corrected chi connectivity index (χ4v) is 0.797. The van der Waals surface area contributed by atoms with E-state index in [9.17, 15) is 4.79 Å². The maximum Gasteiger partial charge on any atom is 0.221 e. The van der Waals surface area contributed by atoms with Crippen LogP contribution < -0.4 is 5.73 Å². The van der Waals surface area contributed by atoms with Crippen molar-refractivity contribution in [2.24, 2.45) is 5.73 Å². The molecule has 60 valence electrons. The number of primary amides is 1. The van der Waals surface area contributed by atoms with Gasteiger partial charge in [0.2, 0.25) is 5.91 Å². The Hall–Kier alpha value is -0.880. The highest BCUT2D eigenvalue weighted by Gasteiger charge is 1.94. The van der Waals surface area contributed by atoms with E-state index in [0.717, 1.165) is 5.56 Å². The van der Waals surface area contributed by atoms with Crippen LogP contribution in [0.15, 0.2) is 30.3 Å². The van der Waals surface area contributed by atoms with Crippen molar-refractivity contribution < 1.29 is 4.79 Å². The number of nitrogens with two attached hydrogens (primary N) is 1. The first-order valence-electron chi connectivity index (χ1n) is 3.11. The Morgan fingerprint density at radius 3 is 2.27 bits per heavy atom. The molecule has 0 bridgehead atoms. The molecule has 2 N–H and O–H groups in total. The fourth-order valence-electron chi connectivity index (χ4n) is 0.797. The number of hydrogen-bond donors (Lipinski definition) is 1. The topological polar surface area (TPSA) is 43.1 Å². The summed E-state index contributed by atoms with van der Waals surface area (Å²) in [4.78, 5) is 10.4. The normalized spacial score (nSPS) is 8.36. The van der Waals surface area contributed by atoms with Gasteiger partial charge in [-0.3, -0.25) is 4.79 Å². The lowest BCUT2D eigenvalue weighted by atomic mass is 10.1. The van der Waals surface area contributed by atoms with Crippen LogP contribution in [-0.4, -0.2) is 5.91 Å². The number of carbonyl (C=O) groups excluding carboxylic acids is 1. The molecular formula is C8H12NOP. The highest BCUT2D eigenvalue weighted by molar-refractivity contribution is 6.92. The minimum atomic E-state index is -0.286. The maximum absolute atomic E-state index is 10.4. The molecule has 1 amide bonds. The molecule has 1 rings (SSSR count). The summed E-state index contributed by atoms with van der Waals surface area (Å²) in [5.74, 6) is -0.286. The summed E-state index contributed by atoms with van der Waals surface area (Å²) in [6.45, 7) is 0. The molecule has 0 aromatic heterocycles. The van der Waals surface area contributed by atoms with Crippen LogP contribution in [0.3, 0.4) is 0 Å². The highest BCUT2D eigenvalue weighted by Crippen LogP contribution is 1.97. The van der Waals surface area contributed by atoms with Gasteiger partial charge >= 0.3 is 0 Å². The molecule has 0 heterocycles. The van der Waals surface area contributed by atoms with Crippen LogP contribution in [0.5, 0.6) is 0 Å². The molecule has 1 atom stereocenters. The molecule has 1 aromatic carbocycles. The molecule has 0 radical (unpaired) electrons. The lowest BCUT2D eigenvalue weighted by molar-refractivity contribution is -0.117. The van der Waals surface area contributed by atoms with Gasteiger partial charge in [0, 0.05) is 0 Å². The van der Waals surface area contributed by atoms with Gasteiger partial charge in [-0.15, -0.1) is 0 Å². The van der Waals surface area contributed by atoms with Crippen LogP contribution in [0.25, 0.3) is 0 Å². The Bertz CT molecular complexity index is 223. The smallest absolute Gasteiger partial charge is 0.221 e. The minimum Gasteiger partial charge on any atom is -0.369 e. The van der Waals surface area contributed by atoms with Crippen LogP contribution >= 0.6 is 9.90 Å². The van der Waals surface area contributed by atoms with Crippen LogP contribution in [0.4, 0.5) is 0 Å². The van der Waals surface area contributed by atoms with Gasteiger partial charge in [-0.25, -0.2) is 0 Å². The summed E-state index contributed by atoms with van der Waals surface area (Å²) in [6, 6.07) is 9.44. The fraction of sp³-hybridized carbons (Fsp3) is 0.125. The van der Waals surface area contributed by atoms with Crippen molar-refractivity contribution >= 4 is 15.8 Å². The largest absolute Gasteiger partial charge is 0.369 e. The molecule has 0 aliphatic rings. The van der Waals surface area contributed by atoms with Crippen molar-refractivity contribution in [3.63, 3.8) is 0 Å². The van der Waals surface area contributed by atoms with E-state index in [4.69, 9.17) is 5.73 Å². The lowest BCUT2D eigenvalue weighted by Crippen LogP contribution is -2.13. The number of amides is 1. The zero-order chi connectivity index (χ0) is 7.40. The molecule has 2 nitrogen and oxygen atoms in total. The van der Waals surface area contributed by atoms with Crippen molar-refractivity contribution in [1.29, 1.82) is 0 Å². The van der Waals surface area contributed by atoms with Crippen molar-refractivity contribution in [3.8, 4) is 0 Å². The summed E-state index contributed by atoms with van der Waals surface area (Å²) >= 11 is 0.